The minimum absolute atomic E-state index is 0.169. The molecule has 0 heterocycles. The van der Waals surface area contributed by atoms with Crippen molar-refractivity contribution in [2.45, 2.75) is 40.0 Å². The number of carboxylic acid groups (broad SMARTS) is 1. The maximum atomic E-state index is 11.5. The molecule has 1 N–H and O–H groups in total. The fourth-order valence-electron chi connectivity index (χ4n) is 2.66. The second kappa shape index (κ2) is 4.63. The predicted molar refractivity (Wildman–Crippen MR) is 70.4 cm³/mol. The highest BCUT2D eigenvalue weighted by atomic mass is 16.5. The second-order valence-corrected chi connectivity index (χ2v) is 5.66. The van der Waals surface area contributed by atoms with Crippen LogP contribution in [0.25, 0.3) is 0 Å². The van der Waals surface area contributed by atoms with E-state index in [4.69, 9.17) is 4.74 Å². The van der Waals surface area contributed by atoms with E-state index >= 15 is 0 Å². The average Bonchev–Trinajstić information content (AvgIpc) is 2.27. The molecule has 1 aliphatic carbocycles. The summed E-state index contributed by atoms with van der Waals surface area (Å²) in [4.78, 5) is 11.5. The molecule has 0 saturated heterocycles. The van der Waals surface area contributed by atoms with Crippen LogP contribution in [0, 0.1) is 5.41 Å². The minimum Gasteiger partial charge on any atom is -0.493 e. The molecule has 0 spiro atoms. The molecule has 98 valence electrons. The van der Waals surface area contributed by atoms with Crippen LogP contribution in [0.1, 0.15) is 48.7 Å². The Morgan fingerprint density at radius 2 is 2.17 bits per heavy atom. The van der Waals surface area contributed by atoms with Crippen molar-refractivity contribution in [3.63, 3.8) is 0 Å². The lowest BCUT2D eigenvalue weighted by Gasteiger charge is -2.32. The molecule has 0 fully saturated rings. The fraction of sp³-hybridized carbons (Fsp3) is 0.533. The zero-order valence-corrected chi connectivity index (χ0v) is 11.2. The molecule has 0 atom stereocenters. The molecule has 0 unspecified atom stereocenters. The molecule has 3 heteroatoms. The molecule has 0 saturated carbocycles. The van der Waals surface area contributed by atoms with Gasteiger partial charge in [0.05, 0.1) is 6.61 Å². The van der Waals surface area contributed by atoms with Gasteiger partial charge in [0.25, 0.3) is 0 Å². The van der Waals surface area contributed by atoms with E-state index in [1.807, 2.05) is 13.0 Å². The standard InChI is InChI=1S/C15H20O3/c1-4-18-12-6-5-10-7-8-15(2,3)9-11(10)13(12)14(16)17/h5-6H,4,7-9H2,1-3H3,(H,16,17). The van der Waals surface area contributed by atoms with Crippen molar-refractivity contribution < 1.29 is 14.6 Å². The Morgan fingerprint density at radius 1 is 1.44 bits per heavy atom. The van der Waals surface area contributed by atoms with Gasteiger partial charge in [-0.2, -0.15) is 0 Å². The van der Waals surface area contributed by atoms with Gasteiger partial charge in [0.1, 0.15) is 11.3 Å². The Kier molecular flexibility index (Phi) is 3.33. The maximum absolute atomic E-state index is 11.5. The lowest BCUT2D eigenvalue weighted by Crippen LogP contribution is -2.24. The molecular formula is C15H20O3. The molecule has 0 aliphatic heterocycles. The maximum Gasteiger partial charge on any atom is 0.339 e. The molecule has 1 aliphatic rings. The van der Waals surface area contributed by atoms with Gasteiger partial charge >= 0.3 is 5.97 Å². The van der Waals surface area contributed by atoms with E-state index in [1.165, 1.54) is 0 Å². The number of aromatic carboxylic acids is 1. The van der Waals surface area contributed by atoms with Crippen LogP contribution in [0.4, 0.5) is 0 Å². The number of benzene rings is 1. The molecule has 3 nitrogen and oxygen atoms in total. The molecule has 0 radical (unpaired) electrons. The van der Waals surface area contributed by atoms with E-state index in [2.05, 4.69) is 13.8 Å². The van der Waals surface area contributed by atoms with Gasteiger partial charge < -0.3 is 9.84 Å². The molecular weight excluding hydrogens is 228 g/mol. The van der Waals surface area contributed by atoms with Gasteiger partial charge in [-0.1, -0.05) is 19.9 Å². The van der Waals surface area contributed by atoms with Gasteiger partial charge in [0.15, 0.2) is 0 Å². The fourth-order valence-corrected chi connectivity index (χ4v) is 2.66. The molecule has 2 rings (SSSR count). The summed E-state index contributed by atoms with van der Waals surface area (Å²) in [7, 11) is 0. The van der Waals surface area contributed by atoms with Crippen molar-refractivity contribution in [2.75, 3.05) is 6.61 Å². The Morgan fingerprint density at radius 3 is 2.78 bits per heavy atom. The summed E-state index contributed by atoms with van der Waals surface area (Å²) in [6.45, 7) is 6.74. The van der Waals surface area contributed by atoms with Crippen molar-refractivity contribution in [3.05, 3.63) is 28.8 Å². The molecule has 0 amide bonds. The van der Waals surface area contributed by atoms with Crippen molar-refractivity contribution >= 4 is 5.97 Å². The van der Waals surface area contributed by atoms with Crippen molar-refractivity contribution in [3.8, 4) is 5.75 Å². The number of hydrogen-bond acceptors (Lipinski definition) is 2. The first kappa shape index (κ1) is 12.9. The van der Waals surface area contributed by atoms with Gasteiger partial charge in [-0.25, -0.2) is 4.79 Å². The van der Waals surface area contributed by atoms with E-state index in [-0.39, 0.29) is 5.41 Å². The summed E-state index contributed by atoms with van der Waals surface area (Å²) in [6, 6.07) is 3.81. The van der Waals surface area contributed by atoms with Crippen LogP contribution in [0.2, 0.25) is 0 Å². The molecule has 1 aromatic carbocycles. The number of rotatable bonds is 3. The van der Waals surface area contributed by atoms with Crippen molar-refractivity contribution in [2.24, 2.45) is 5.41 Å². The number of fused-ring (bicyclic) bond motifs is 1. The van der Waals surface area contributed by atoms with Crippen molar-refractivity contribution in [1.82, 2.24) is 0 Å². The van der Waals surface area contributed by atoms with Crippen LogP contribution >= 0.6 is 0 Å². The summed E-state index contributed by atoms with van der Waals surface area (Å²) in [6.07, 6.45) is 2.87. The molecule has 0 aromatic heterocycles. The minimum atomic E-state index is -0.881. The topological polar surface area (TPSA) is 46.5 Å². The third kappa shape index (κ3) is 2.35. The number of ether oxygens (including phenoxy) is 1. The lowest BCUT2D eigenvalue weighted by molar-refractivity contribution is 0.0690. The van der Waals surface area contributed by atoms with Gasteiger partial charge in [-0.05, 0) is 48.8 Å². The first-order chi connectivity index (χ1) is 8.44. The normalized spacial score (nSPS) is 17.1. The van der Waals surface area contributed by atoms with Crippen LogP contribution < -0.4 is 4.74 Å². The van der Waals surface area contributed by atoms with E-state index < -0.39 is 5.97 Å². The predicted octanol–water partition coefficient (Wildman–Crippen LogP) is 3.30. The Bertz CT molecular complexity index is 475. The van der Waals surface area contributed by atoms with Gasteiger partial charge in [0.2, 0.25) is 0 Å². The van der Waals surface area contributed by atoms with E-state index in [9.17, 15) is 9.90 Å². The molecule has 1 aromatic rings. The molecule has 18 heavy (non-hydrogen) atoms. The first-order valence-corrected chi connectivity index (χ1v) is 6.45. The zero-order chi connectivity index (χ0) is 13.3. The lowest BCUT2D eigenvalue weighted by atomic mass is 9.73. The monoisotopic (exact) mass is 248 g/mol. The zero-order valence-electron chi connectivity index (χ0n) is 11.2. The summed E-state index contributed by atoms with van der Waals surface area (Å²) in [5.74, 6) is -0.380. The van der Waals surface area contributed by atoms with E-state index in [0.29, 0.717) is 17.9 Å². The van der Waals surface area contributed by atoms with E-state index in [1.54, 1.807) is 6.07 Å². The van der Waals surface area contributed by atoms with Gasteiger partial charge in [-0.15, -0.1) is 0 Å². The average molecular weight is 248 g/mol. The number of carboxylic acids is 1. The number of carbonyl (C=O) groups is 1. The van der Waals surface area contributed by atoms with Crippen LogP contribution in [0.15, 0.2) is 12.1 Å². The highest BCUT2D eigenvalue weighted by Gasteiger charge is 2.30. The van der Waals surface area contributed by atoms with Crippen molar-refractivity contribution in [1.29, 1.82) is 0 Å². The summed E-state index contributed by atoms with van der Waals surface area (Å²) < 4.78 is 5.45. The largest absolute Gasteiger partial charge is 0.493 e. The smallest absolute Gasteiger partial charge is 0.339 e. The van der Waals surface area contributed by atoms with E-state index in [0.717, 1.165) is 30.4 Å². The summed E-state index contributed by atoms with van der Waals surface area (Å²) in [5.41, 5.74) is 2.66. The first-order valence-electron chi connectivity index (χ1n) is 6.45. The Balaban J connectivity index is 2.54. The SMILES string of the molecule is CCOc1ccc2c(c1C(=O)O)CC(C)(C)CC2. The Hall–Kier alpha value is -1.51. The third-order valence-corrected chi connectivity index (χ3v) is 3.61. The van der Waals surface area contributed by atoms with Crippen LogP contribution in [0.5, 0.6) is 5.75 Å². The van der Waals surface area contributed by atoms with Crippen LogP contribution in [-0.4, -0.2) is 17.7 Å². The Labute approximate surface area is 108 Å². The van der Waals surface area contributed by atoms with Crippen LogP contribution in [-0.2, 0) is 12.8 Å². The third-order valence-electron chi connectivity index (χ3n) is 3.61. The highest BCUT2D eigenvalue weighted by molar-refractivity contribution is 5.93. The summed E-state index contributed by atoms with van der Waals surface area (Å²) in [5, 5.41) is 9.44. The van der Waals surface area contributed by atoms with Gasteiger partial charge in [-0.3, -0.25) is 0 Å². The second-order valence-electron chi connectivity index (χ2n) is 5.66. The number of aryl methyl sites for hydroxylation is 1. The van der Waals surface area contributed by atoms with Gasteiger partial charge in [0, 0.05) is 0 Å². The quantitative estimate of drug-likeness (QED) is 0.892. The number of hydrogen-bond donors (Lipinski definition) is 1. The highest BCUT2D eigenvalue weighted by Crippen LogP contribution is 2.39. The summed E-state index contributed by atoms with van der Waals surface area (Å²) >= 11 is 0. The molecule has 0 bridgehead atoms. The van der Waals surface area contributed by atoms with Crippen LogP contribution in [0.3, 0.4) is 0 Å².